The molecule has 3 heteroatoms. The van der Waals surface area contributed by atoms with Gasteiger partial charge in [-0.15, -0.1) is 0 Å². The predicted molar refractivity (Wildman–Crippen MR) is 75.7 cm³/mol. The lowest BCUT2D eigenvalue weighted by Gasteiger charge is -2.06. The van der Waals surface area contributed by atoms with Gasteiger partial charge < -0.3 is 9.98 Å². The highest BCUT2D eigenvalue weighted by atomic mass is 19.1. The number of halogens is 1. The lowest BCUT2D eigenvalue weighted by molar-refractivity contribution is 0.620. The maximum Gasteiger partial charge on any atom is 0.147 e. The number of aromatic nitrogens is 1. The minimum atomic E-state index is -0.266. The van der Waals surface area contributed by atoms with Gasteiger partial charge in [-0.25, -0.2) is 4.39 Å². The van der Waals surface area contributed by atoms with Crippen LogP contribution in [0.2, 0.25) is 0 Å². The number of nitrogens with one attached hydrogen (secondary N) is 1. The molecule has 0 aliphatic rings. The summed E-state index contributed by atoms with van der Waals surface area (Å²) in [5.74, 6) is -0.266. The molecule has 0 saturated carbocycles. The summed E-state index contributed by atoms with van der Waals surface area (Å²) in [5, 5.41) is 8.81. The van der Waals surface area contributed by atoms with E-state index in [1.807, 2.05) is 36.5 Å². The monoisotopic (exact) mass is 252 g/mol. The molecule has 0 aliphatic heterocycles. The molecule has 2 nitrogen and oxygen atoms in total. The molecule has 2 aromatic carbocycles. The molecular weight excluding hydrogens is 239 g/mol. The zero-order chi connectivity index (χ0) is 13.4. The standard InChI is InChI=1S/C16H13FN2/c1-11(18)13-10-19(15-8-4-2-6-12(13)15)16-9-5-3-7-14(16)17/h2-10,18H,1H3. The van der Waals surface area contributed by atoms with Crippen LogP contribution in [0, 0.1) is 11.2 Å². The zero-order valence-corrected chi connectivity index (χ0v) is 10.5. The molecule has 3 rings (SSSR count). The fourth-order valence-corrected chi connectivity index (χ4v) is 2.32. The molecule has 1 aromatic heterocycles. The molecule has 0 atom stereocenters. The number of benzene rings is 2. The molecule has 3 aromatic rings. The first kappa shape index (κ1) is 11.7. The van der Waals surface area contributed by atoms with Crippen LogP contribution in [-0.2, 0) is 0 Å². The first-order chi connectivity index (χ1) is 9.18. The van der Waals surface area contributed by atoms with E-state index in [0.717, 1.165) is 16.5 Å². The molecule has 0 fully saturated rings. The van der Waals surface area contributed by atoms with Crippen LogP contribution in [0.15, 0.2) is 54.7 Å². The minimum Gasteiger partial charge on any atom is -0.313 e. The fourth-order valence-electron chi connectivity index (χ4n) is 2.32. The van der Waals surface area contributed by atoms with Crippen molar-refractivity contribution in [1.29, 1.82) is 5.41 Å². The Morgan fingerprint density at radius 1 is 1.05 bits per heavy atom. The van der Waals surface area contributed by atoms with E-state index < -0.39 is 0 Å². The van der Waals surface area contributed by atoms with Crippen molar-refractivity contribution in [2.45, 2.75) is 6.92 Å². The minimum absolute atomic E-state index is 0.266. The molecular formula is C16H13FN2. The van der Waals surface area contributed by atoms with Crippen LogP contribution in [0.25, 0.3) is 16.6 Å². The van der Waals surface area contributed by atoms with Gasteiger partial charge in [-0.1, -0.05) is 30.3 Å². The van der Waals surface area contributed by atoms with Crippen LogP contribution >= 0.6 is 0 Å². The van der Waals surface area contributed by atoms with Crippen LogP contribution in [0.4, 0.5) is 4.39 Å². The van der Waals surface area contributed by atoms with Gasteiger partial charge in [0.15, 0.2) is 0 Å². The van der Waals surface area contributed by atoms with Gasteiger partial charge in [0.25, 0.3) is 0 Å². The normalized spacial score (nSPS) is 10.8. The maximum absolute atomic E-state index is 13.9. The molecule has 0 saturated heterocycles. The Morgan fingerprint density at radius 2 is 1.74 bits per heavy atom. The van der Waals surface area contributed by atoms with Crippen molar-refractivity contribution in [3.05, 3.63) is 66.1 Å². The smallest absolute Gasteiger partial charge is 0.147 e. The van der Waals surface area contributed by atoms with Gasteiger partial charge in [-0.2, -0.15) is 0 Å². The molecule has 0 unspecified atom stereocenters. The largest absolute Gasteiger partial charge is 0.313 e. The first-order valence-electron chi connectivity index (χ1n) is 6.09. The van der Waals surface area contributed by atoms with E-state index >= 15 is 0 Å². The van der Waals surface area contributed by atoms with Crippen LogP contribution in [-0.4, -0.2) is 10.3 Å². The van der Waals surface area contributed by atoms with Gasteiger partial charge in [-0.05, 0) is 25.1 Å². The zero-order valence-electron chi connectivity index (χ0n) is 10.5. The summed E-state index contributed by atoms with van der Waals surface area (Å²) >= 11 is 0. The second kappa shape index (κ2) is 4.35. The van der Waals surface area contributed by atoms with Gasteiger partial charge >= 0.3 is 0 Å². The highest BCUT2D eigenvalue weighted by Gasteiger charge is 2.12. The highest BCUT2D eigenvalue weighted by molar-refractivity contribution is 6.08. The van der Waals surface area contributed by atoms with Crippen LogP contribution in [0.3, 0.4) is 0 Å². The summed E-state index contributed by atoms with van der Waals surface area (Å²) < 4.78 is 15.7. The summed E-state index contributed by atoms with van der Waals surface area (Å²) in [6, 6.07) is 14.4. The summed E-state index contributed by atoms with van der Waals surface area (Å²) in [6.45, 7) is 1.74. The van der Waals surface area contributed by atoms with E-state index in [9.17, 15) is 4.39 Å². The van der Waals surface area contributed by atoms with Crippen molar-refractivity contribution < 1.29 is 4.39 Å². The van der Waals surface area contributed by atoms with E-state index in [0.29, 0.717) is 11.4 Å². The summed E-state index contributed by atoms with van der Waals surface area (Å²) in [4.78, 5) is 0. The van der Waals surface area contributed by atoms with E-state index in [4.69, 9.17) is 5.41 Å². The van der Waals surface area contributed by atoms with Gasteiger partial charge in [0, 0.05) is 22.9 Å². The van der Waals surface area contributed by atoms with Crippen LogP contribution in [0.1, 0.15) is 12.5 Å². The SMILES string of the molecule is CC(=N)c1cn(-c2ccccc2F)c2ccccc12. The van der Waals surface area contributed by atoms with Crippen LogP contribution < -0.4 is 0 Å². The lowest BCUT2D eigenvalue weighted by atomic mass is 10.1. The average molecular weight is 252 g/mol. The third-order valence-corrected chi connectivity index (χ3v) is 3.23. The van der Waals surface area contributed by atoms with Crippen molar-refractivity contribution in [1.82, 2.24) is 4.57 Å². The van der Waals surface area contributed by atoms with E-state index in [2.05, 4.69) is 0 Å². The van der Waals surface area contributed by atoms with Crippen molar-refractivity contribution in [3.63, 3.8) is 0 Å². The second-order valence-corrected chi connectivity index (χ2v) is 4.51. The third-order valence-electron chi connectivity index (χ3n) is 3.23. The highest BCUT2D eigenvalue weighted by Crippen LogP contribution is 2.26. The molecule has 19 heavy (non-hydrogen) atoms. The molecule has 0 amide bonds. The Kier molecular flexibility index (Phi) is 2.67. The van der Waals surface area contributed by atoms with E-state index in [-0.39, 0.29) is 5.82 Å². The average Bonchev–Trinajstić information content (AvgIpc) is 2.79. The van der Waals surface area contributed by atoms with Gasteiger partial charge in [0.1, 0.15) is 5.82 Å². The van der Waals surface area contributed by atoms with Crippen molar-refractivity contribution in [2.75, 3.05) is 0 Å². The van der Waals surface area contributed by atoms with Crippen molar-refractivity contribution in [3.8, 4) is 5.69 Å². The molecule has 0 spiro atoms. The number of para-hydroxylation sites is 2. The summed E-state index contributed by atoms with van der Waals surface area (Å²) in [6.07, 6.45) is 1.82. The molecule has 1 N–H and O–H groups in total. The number of rotatable bonds is 2. The number of hydrogen-bond donors (Lipinski definition) is 1. The Hall–Kier alpha value is -2.42. The van der Waals surface area contributed by atoms with Crippen molar-refractivity contribution >= 4 is 16.6 Å². The lowest BCUT2D eigenvalue weighted by Crippen LogP contribution is -1.95. The van der Waals surface area contributed by atoms with Gasteiger partial charge in [0.05, 0.1) is 11.2 Å². The Balaban J connectivity index is 2.37. The van der Waals surface area contributed by atoms with Crippen LogP contribution in [0.5, 0.6) is 0 Å². The Labute approximate surface area is 110 Å². The molecule has 94 valence electrons. The second-order valence-electron chi connectivity index (χ2n) is 4.51. The third kappa shape index (κ3) is 1.83. The fraction of sp³-hybridized carbons (Fsp3) is 0.0625. The molecule has 0 bridgehead atoms. The quantitative estimate of drug-likeness (QED) is 0.664. The molecule has 0 aliphatic carbocycles. The molecule has 0 radical (unpaired) electrons. The van der Waals surface area contributed by atoms with Gasteiger partial charge in [-0.3, -0.25) is 0 Å². The summed E-state index contributed by atoms with van der Waals surface area (Å²) in [7, 11) is 0. The number of nitrogens with zero attached hydrogens (tertiary/aromatic N) is 1. The topological polar surface area (TPSA) is 28.8 Å². The number of hydrogen-bond acceptors (Lipinski definition) is 1. The first-order valence-corrected chi connectivity index (χ1v) is 6.09. The Morgan fingerprint density at radius 3 is 2.47 bits per heavy atom. The molecule has 1 heterocycles. The van der Waals surface area contributed by atoms with Gasteiger partial charge in [0.2, 0.25) is 0 Å². The summed E-state index contributed by atoms with van der Waals surface area (Å²) in [5.41, 5.74) is 2.73. The maximum atomic E-state index is 13.9. The van der Waals surface area contributed by atoms with E-state index in [1.54, 1.807) is 23.6 Å². The Bertz CT molecular complexity index is 771. The predicted octanol–water partition coefficient (Wildman–Crippen LogP) is 4.16. The van der Waals surface area contributed by atoms with Crippen molar-refractivity contribution in [2.24, 2.45) is 0 Å². The number of fused-ring (bicyclic) bond motifs is 1. The van der Waals surface area contributed by atoms with E-state index in [1.165, 1.54) is 6.07 Å².